The summed E-state index contributed by atoms with van der Waals surface area (Å²) in [5.74, 6) is 0.589. The predicted octanol–water partition coefficient (Wildman–Crippen LogP) is 4.92. The van der Waals surface area contributed by atoms with Crippen molar-refractivity contribution in [2.45, 2.75) is 49.4 Å². The van der Waals surface area contributed by atoms with Gasteiger partial charge in [0.15, 0.2) is 0 Å². The molecule has 4 fully saturated rings. The van der Waals surface area contributed by atoms with Crippen LogP contribution in [-0.2, 0) is 10.8 Å². The minimum atomic E-state index is -0.328. The maximum absolute atomic E-state index is 14.2. The summed E-state index contributed by atoms with van der Waals surface area (Å²) in [6.45, 7) is 0. The van der Waals surface area contributed by atoms with Gasteiger partial charge in [0, 0.05) is 0 Å². The Balaban J connectivity index is 1.61. The van der Waals surface area contributed by atoms with Crippen LogP contribution in [0, 0.1) is 23.5 Å². The molecule has 2 aromatic rings. The minimum Gasteiger partial charge on any atom is -0.396 e. The van der Waals surface area contributed by atoms with Crippen molar-refractivity contribution in [3.05, 3.63) is 59.2 Å². The van der Waals surface area contributed by atoms with E-state index in [1.165, 1.54) is 6.42 Å². The molecule has 136 valence electrons. The third-order valence-corrected chi connectivity index (χ3v) is 7.29. The highest BCUT2D eigenvalue weighted by molar-refractivity contribution is 5.47. The van der Waals surface area contributed by atoms with Crippen LogP contribution in [0.3, 0.4) is 0 Å². The Kier molecular flexibility index (Phi) is 3.23. The number of benzene rings is 2. The van der Waals surface area contributed by atoms with E-state index in [1.807, 2.05) is 12.1 Å². The Morgan fingerprint density at radius 2 is 1.15 bits per heavy atom. The number of anilines is 2. The standard InChI is InChI=1S/C22H24F2N2/c23-17-6-15(1-3-19(17)25)21-8-13-5-14(9-21)11-22(10-13,12-21)16-2-4-20(26)18(24)7-16/h1-4,6-7,13-14H,5,8-12,25-26H2. The summed E-state index contributed by atoms with van der Waals surface area (Å²) in [4.78, 5) is 0. The maximum atomic E-state index is 14.2. The fourth-order valence-electron chi connectivity index (χ4n) is 6.65. The van der Waals surface area contributed by atoms with Crippen molar-refractivity contribution in [1.29, 1.82) is 0 Å². The van der Waals surface area contributed by atoms with Crippen molar-refractivity contribution < 1.29 is 8.78 Å². The molecule has 0 aliphatic heterocycles. The van der Waals surface area contributed by atoms with Gasteiger partial charge in [-0.3, -0.25) is 0 Å². The zero-order valence-corrected chi connectivity index (χ0v) is 14.8. The van der Waals surface area contributed by atoms with E-state index in [0.29, 0.717) is 11.8 Å². The molecule has 4 N–H and O–H groups in total. The molecule has 0 spiro atoms. The number of nitrogen functional groups attached to an aromatic ring is 2. The van der Waals surface area contributed by atoms with Crippen LogP contribution < -0.4 is 11.5 Å². The van der Waals surface area contributed by atoms with E-state index in [4.69, 9.17) is 11.5 Å². The molecular formula is C22H24F2N2. The first-order chi connectivity index (χ1) is 12.4. The largest absolute Gasteiger partial charge is 0.396 e. The molecule has 4 heteroatoms. The molecule has 4 saturated carbocycles. The predicted molar refractivity (Wildman–Crippen MR) is 99.7 cm³/mol. The molecule has 2 nitrogen and oxygen atoms in total. The van der Waals surface area contributed by atoms with Gasteiger partial charge < -0.3 is 11.5 Å². The van der Waals surface area contributed by atoms with Gasteiger partial charge in [0.2, 0.25) is 0 Å². The molecule has 0 radical (unpaired) electrons. The molecule has 0 unspecified atom stereocenters. The van der Waals surface area contributed by atoms with Gasteiger partial charge in [-0.25, -0.2) is 8.78 Å². The molecule has 4 aliphatic carbocycles. The van der Waals surface area contributed by atoms with Gasteiger partial charge >= 0.3 is 0 Å². The van der Waals surface area contributed by atoms with Crippen LogP contribution in [0.25, 0.3) is 0 Å². The second-order valence-corrected chi connectivity index (χ2v) is 8.99. The lowest BCUT2D eigenvalue weighted by Crippen LogP contribution is -2.56. The van der Waals surface area contributed by atoms with Crippen molar-refractivity contribution >= 4 is 11.4 Å². The van der Waals surface area contributed by atoms with Crippen LogP contribution in [0.4, 0.5) is 20.2 Å². The average molecular weight is 354 g/mol. The zero-order valence-electron chi connectivity index (χ0n) is 14.8. The summed E-state index contributed by atoms with van der Waals surface area (Å²) in [6, 6.07) is 10.7. The third-order valence-electron chi connectivity index (χ3n) is 7.29. The van der Waals surface area contributed by atoms with E-state index in [9.17, 15) is 8.78 Å². The highest BCUT2D eigenvalue weighted by Crippen LogP contribution is 2.66. The number of rotatable bonds is 2. The van der Waals surface area contributed by atoms with Gasteiger partial charge in [-0.05, 0) is 96.6 Å². The topological polar surface area (TPSA) is 52.0 Å². The fraction of sp³-hybridized carbons (Fsp3) is 0.455. The van der Waals surface area contributed by atoms with Crippen LogP contribution in [-0.4, -0.2) is 0 Å². The molecule has 0 aromatic heterocycles. The van der Waals surface area contributed by atoms with Gasteiger partial charge in [-0.2, -0.15) is 0 Å². The fourth-order valence-corrected chi connectivity index (χ4v) is 6.65. The number of nitrogens with two attached hydrogens (primary N) is 2. The lowest BCUT2D eigenvalue weighted by molar-refractivity contribution is -0.0283. The molecule has 0 saturated heterocycles. The molecule has 6 rings (SSSR count). The second-order valence-electron chi connectivity index (χ2n) is 8.99. The molecule has 4 bridgehead atoms. The van der Waals surface area contributed by atoms with Crippen molar-refractivity contribution in [3.63, 3.8) is 0 Å². The molecule has 0 heterocycles. The van der Waals surface area contributed by atoms with Crippen molar-refractivity contribution in [2.75, 3.05) is 11.5 Å². The second kappa shape index (κ2) is 5.21. The van der Waals surface area contributed by atoms with Crippen LogP contribution in [0.15, 0.2) is 36.4 Å². The molecule has 26 heavy (non-hydrogen) atoms. The third kappa shape index (κ3) is 2.20. The Hall–Kier alpha value is -2.10. The summed E-state index contributed by atoms with van der Waals surface area (Å²) in [7, 11) is 0. The summed E-state index contributed by atoms with van der Waals surface area (Å²) < 4.78 is 28.4. The van der Waals surface area contributed by atoms with Crippen LogP contribution >= 0.6 is 0 Å². The van der Waals surface area contributed by atoms with E-state index < -0.39 is 0 Å². The Labute approximate surface area is 152 Å². The number of halogens is 2. The van der Waals surface area contributed by atoms with Gasteiger partial charge in [-0.1, -0.05) is 12.1 Å². The first-order valence-corrected chi connectivity index (χ1v) is 9.50. The van der Waals surface area contributed by atoms with E-state index in [0.717, 1.165) is 43.2 Å². The Morgan fingerprint density at radius 3 is 1.54 bits per heavy atom. The first-order valence-electron chi connectivity index (χ1n) is 9.50. The average Bonchev–Trinajstić information content (AvgIpc) is 2.58. The van der Waals surface area contributed by atoms with Crippen LogP contribution in [0.2, 0.25) is 0 Å². The van der Waals surface area contributed by atoms with Gasteiger partial charge in [0.1, 0.15) is 11.6 Å². The summed E-state index contributed by atoms with van der Waals surface area (Å²) in [5, 5.41) is 0. The molecule has 2 aromatic carbocycles. The van der Waals surface area contributed by atoms with Gasteiger partial charge in [-0.15, -0.1) is 0 Å². The Morgan fingerprint density at radius 1 is 0.731 bits per heavy atom. The maximum Gasteiger partial charge on any atom is 0.146 e. The van der Waals surface area contributed by atoms with Crippen LogP contribution in [0.1, 0.15) is 49.7 Å². The van der Waals surface area contributed by atoms with E-state index >= 15 is 0 Å². The van der Waals surface area contributed by atoms with E-state index in [2.05, 4.69) is 0 Å². The number of hydrogen-bond acceptors (Lipinski definition) is 2. The summed E-state index contributed by atoms with van der Waals surface area (Å²) in [6.07, 6.45) is 6.62. The molecular weight excluding hydrogens is 330 g/mol. The lowest BCUT2D eigenvalue weighted by Gasteiger charge is -2.62. The molecule has 0 amide bonds. The van der Waals surface area contributed by atoms with Crippen molar-refractivity contribution in [2.24, 2.45) is 11.8 Å². The molecule has 4 aliphatic rings. The normalized spacial score (nSPS) is 35.0. The highest BCUT2D eigenvalue weighted by Gasteiger charge is 2.58. The van der Waals surface area contributed by atoms with E-state index in [-0.39, 0.29) is 33.8 Å². The van der Waals surface area contributed by atoms with Crippen molar-refractivity contribution in [1.82, 2.24) is 0 Å². The monoisotopic (exact) mass is 354 g/mol. The zero-order chi connectivity index (χ0) is 18.1. The smallest absolute Gasteiger partial charge is 0.146 e. The van der Waals surface area contributed by atoms with Gasteiger partial charge in [0.05, 0.1) is 11.4 Å². The van der Waals surface area contributed by atoms with E-state index in [1.54, 1.807) is 24.3 Å². The van der Waals surface area contributed by atoms with Gasteiger partial charge in [0.25, 0.3) is 0 Å². The SMILES string of the molecule is Nc1ccc(C23CC4CC(C2)CC(c2ccc(N)c(F)c2)(C4)C3)cc1F. The summed E-state index contributed by atoms with van der Waals surface area (Å²) >= 11 is 0. The molecule has 0 atom stereocenters. The summed E-state index contributed by atoms with van der Waals surface area (Å²) in [5.41, 5.74) is 13.9. The quantitative estimate of drug-likeness (QED) is 0.752. The first kappa shape index (κ1) is 16.1. The van der Waals surface area contributed by atoms with Crippen LogP contribution in [0.5, 0.6) is 0 Å². The van der Waals surface area contributed by atoms with Crippen molar-refractivity contribution in [3.8, 4) is 0 Å². The lowest BCUT2D eigenvalue weighted by atomic mass is 9.41. The number of hydrogen-bond donors (Lipinski definition) is 2. The highest BCUT2D eigenvalue weighted by atomic mass is 19.1. The minimum absolute atomic E-state index is 0.0174. The Bertz CT molecular complexity index is 808.